The Morgan fingerprint density at radius 1 is 1.25 bits per heavy atom. The van der Waals surface area contributed by atoms with Crippen molar-refractivity contribution in [1.29, 1.82) is 0 Å². The first-order chi connectivity index (χ1) is 11.5. The van der Waals surface area contributed by atoms with Crippen molar-refractivity contribution in [3.05, 3.63) is 41.5 Å². The van der Waals surface area contributed by atoms with E-state index in [0.717, 1.165) is 25.1 Å². The van der Waals surface area contributed by atoms with Gasteiger partial charge >= 0.3 is 5.97 Å². The topological polar surface area (TPSA) is 70.1 Å². The van der Waals surface area contributed by atoms with Crippen LogP contribution in [0.4, 0.5) is 0 Å². The monoisotopic (exact) mass is 330 g/mol. The first-order valence-corrected chi connectivity index (χ1v) is 8.17. The number of nitrogens with zero attached hydrogens (tertiary/aromatic N) is 2. The molecule has 0 aliphatic carbocycles. The molecule has 2 aliphatic heterocycles. The van der Waals surface area contributed by atoms with Crippen LogP contribution >= 0.6 is 0 Å². The lowest BCUT2D eigenvalue weighted by molar-refractivity contribution is -0.136. The number of carboxylic acids is 1. The van der Waals surface area contributed by atoms with Gasteiger partial charge in [0.1, 0.15) is 0 Å². The van der Waals surface area contributed by atoms with E-state index in [1.54, 1.807) is 24.3 Å². The summed E-state index contributed by atoms with van der Waals surface area (Å²) in [5.41, 5.74) is 1.04. The molecule has 1 amide bonds. The average Bonchev–Trinajstić information content (AvgIpc) is 2.60. The number of carbonyl (C=O) groups excluding carboxylic acids is 1. The minimum absolute atomic E-state index is 0.0188. The molecule has 2 heterocycles. The number of hydrogen-bond acceptors (Lipinski definition) is 4. The molecule has 6 nitrogen and oxygen atoms in total. The highest BCUT2D eigenvalue weighted by Crippen LogP contribution is 2.22. The zero-order chi connectivity index (χ0) is 17.1. The van der Waals surface area contributed by atoms with Crippen molar-refractivity contribution < 1.29 is 19.4 Å². The summed E-state index contributed by atoms with van der Waals surface area (Å²) in [4.78, 5) is 27.4. The molecule has 128 valence electrons. The number of carboxylic acid groups (broad SMARTS) is 1. The van der Waals surface area contributed by atoms with Crippen LogP contribution in [0.3, 0.4) is 0 Å². The maximum atomic E-state index is 12.4. The van der Waals surface area contributed by atoms with Gasteiger partial charge in [0.2, 0.25) is 5.91 Å². The van der Waals surface area contributed by atoms with Crippen LogP contribution in [-0.2, 0) is 9.53 Å². The van der Waals surface area contributed by atoms with E-state index in [1.165, 1.54) is 12.1 Å². The summed E-state index contributed by atoms with van der Waals surface area (Å²) in [5.74, 6) is -0.974. The molecule has 2 saturated heterocycles. The Morgan fingerprint density at radius 3 is 2.71 bits per heavy atom. The van der Waals surface area contributed by atoms with E-state index >= 15 is 0 Å². The molecule has 0 saturated carbocycles. The van der Waals surface area contributed by atoms with Crippen LogP contribution in [0.1, 0.15) is 22.3 Å². The molecule has 0 spiro atoms. The van der Waals surface area contributed by atoms with Crippen molar-refractivity contribution in [3.8, 4) is 0 Å². The van der Waals surface area contributed by atoms with Crippen LogP contribution in [0.25, 0.3) is 6.08 Å². The lowest BCUT2D eigenvalue weighted by atomic mass is 9.99. The molecule has 2 unspecified atom stereocenters. The summed E-state index contributed by atoms with van der Waals surface area (Å²) in [6.07, 6.45) is 4.36. The van der Waals surface area contributed by atoms with Crippen LogP contribution in [0.2, 0.25) is 0 Å². The summed E-state index contributed by atoms with van der Waals surface area (Å²) in [6.45, 7) is 3.05. The van der Waals surface area contributed by atoms with Gasteiger partial charge in [0.15, 0.2) is 0 Å². The molecular formula is C18H22N2O4. The standard InChI is InChI=1S/C18H22N2O4/c1-19-10-11-24-16-8-9-20(12-15(16)19)17(21)7-4-13-2-5-14(6-3-13)18(22)23/h2-7,15-16H,8-12H2,1H3,(H,22,23)/b7-4+. The minimum Gasteiger partial charge on any atom is -0.478 e. The number of hydrogen-bond donors (Lipinski definition) is 1. The highest BCUT2D eigenvalue weighted by Gasteiger charge is 2.36. The second-order valence-corrected chi connectivity index (χ2v) is 6.29. The van der Waals surface area contributed by atoms with Crippen molar-refractivity contribution in [2.45, 2.75) is 18.6 Å². The lowest BCUT2D eigenvalue weighted by Gasteiger charge is -2.45. The molecule has 6 heteroatoms. The van der Waals surface area contributed by atoms with Gasteiger partial charge < -0.3 is 14.7 Å². The molecule has 1 aromatic carbocycles. The van der Waals surface area contributed by atoms with E-state index in [2.05, 4.69) is 11.9 Å². The summed E-state index contributed by atoms with van der Waals surface area (Å²) >= 11 is 0. The smallest absolute Gasteiger partial charge is 0.335 e. The summed E-state index contributed by atoms with van der Waals surface area (Å²) in [5, 5.41) is 8.89. The van der Waals surface area contributed by atoms with Crippen LogP contribution in [0.5, 0.6) is 0 Å². The third-order valence-electron chi connectivity index (χ3n) is 4.75. The molecule has 0 aromatic heterocycles. The van der Waals surface area contributed by atoms with Gasteiger partial charge in [-0.2, -0.15) is 0 Å². The number of piperidine rings is 1. The van der Waals surface area contributed by atoms with Crippen LogP contribution < -0.4 is 0 Å². The Hall–Kier alpha value is -2.18. The van der Waals surface area contributed by atoms with E-state index < -0.39 is 5.97 Å². The third-order valence-corrected chi connectivity index (χ3v) is 4.75. The number of ether oxygens (including phenoxy) is 1. The predicted octanol–water partition coefficient (Wildman–Crippen LogP) is 1.33. The largest absolute Gasteiger partial charge is 0.478 e. The molecule has 0 radical (unpaired) electrons. The van der Waals surface area contributed by atoms with E-state index in [0.29, 0.717) is 13.1 Å². The van der Waals surface area contributed by atoms with Crippen LogP contribution in [0, 0.1) is 0 Å². The lowest BCUT2D eigenvalue weighted by Crippen LogP contribution is -2.59. The van der Waals surface area contributed by atoms with Crippen molar-refractivity contribution in [2.75, 3.05) is 33.3 Å². The molecule has 24 heavy (non-hydrogen) atoms. The second kappa shape index (κ2) is 7.15. The van der Waals surface area contributed by atoms with Gasteiger partial charge in [-0.25, -0.2) is 4.79 Å². The van der Waals surface area contributed by atoms with E-state index in [1.807, 2.05) is 4.90 Å². The average molecular weight is 330 g/mol. The summed E-state index contributed by atoms with van der Waals surface area (Å²) < 4.78 is 5.79. The van der Waals surface area contributed by atoms with Crippen molar-refractivity contribution >= 4 is 18.0 Å². The number of aromatic carboxylic acids is 1. The van der Waals surface area contributed by atoms with Gasteiger partial charge in [-0.3, -0.25) is 9.69 Å². The number of benzene rings is 1. The van der Waals surface area contributed by atoms with Gasteiger partial charge in [0.05, 0.1) is 24.3 Å². The normalized spacial score (nSPS) is 24.8. The summed E-state index contributed by atoms with van der Waals surface area (Å²) in [7, 11) is 2.08. The Morgan fingerprint density at radius 2 is 2.00 bits per heavy atom. The van der Waals surface area contributed by atoms with Crippen LogP contribution in [-0.4, -0.2) is 72.2 Å². The zero-order valence-electron chi connectivity index (χ0n) is 13.7. The first-order valence-electron chi connectivity index (χ1n) is 8.17. The van der Waals surface area contributed by atoms with Crippen molar-refractivity contribution in [1.82, 2.24) is 9.80 Å². The van der Waals surface area contributed by atoms with E-state index in [9.17, 15) is 9.59 Å². The molecule has 1 aromatic rings. The maximum absolute atomic E-state index is 12.4. The Kier molecular flexibility index (Phi) is 4.97. The molecular weight excluding hydrogens is 308 g/mol. The fraction of sp³-hybridized carbons (Fsp3) is 0.444. The van der Waals surface area contributed by atoms with Gasteiger partial charge in [0.25, 0.3) is 0 Å². The second-order valence-electron chi connectivity index (χ2n) is 6.29. The zero-order valence-corrected chi connectivity index (χ0v) is 13.7. The molecule has 0 bridgehead atoms. The van der Waals surface area contributed by atoms with Crippen molar-refractivity contribution in [2.24, 2.45) is 0 Å². The highest BCUT2D eigenvalue weighted by atomic mass is 16.5. The first kappa shape index (κ1) is 16.7. The summed E-state index contributed by atoms with van der Waals surface area (Å²) in [6, 6.07) is 6.72. The Labute approximate surface area is 141 Å². The Bertz CT molecular complexity index is 641. The minimum atomic E-state index is -0.955. The SMILES string of the molecule is CN1CCOC2CCN(C(=O)/C=C/c3ccc(C(=O)O)cc3)CC21. The molecule has 2 fully saturated rings. The predicted molar refractivity (Wildman–Crippen MR) is 89.8 cm³/mol. The number of amides is 1. The van der Waals surface area contributed by atoms with Gasteiger partial charge in [-0.1, -0.05) is 12.1 Å². The molecule has 2 aliphatic rings. The van der Waals surface area contributed by atoms with Gasteiger partial charge in [0, 0.05) is 25.7 Å². The fourth-order valence-electron chi connectivity index (χ4n) is 3.25. The molecule has 2 atom stereocenters. The number of fused-ring (bicyclic) bond motifs is 1. The quantitative estimate of drug-likeness (QED) is 0.847. The van der Waals surface area contributed by atoms with E-state index in [-0.39, 0.29) is 23.6 Å². The Balaban J connectivity index is 1.61. The number of carbonyl (C=O) groups is 2. The molecule has 3 rings (SSSR count). The van der Waals surface area contributed by atoms with E-state index in [4.69, 9.17) is 9.84 Å². The highest BCUT2D eigenvalue weighted by molar-refractivity contribution is 5.92. The maximum Gasteiger partial charge on any atom is 0.335 e. The van der Waals surface area contributed by atoms with Crippen molar-refractivity contribution in [3.63, 3.8) is 0 Å². The number of morpholine rings is 1. The molecule has 1 N–H and O–H groups in total. The fourth-order valence-corrected chi connectivity index (χ4v) is 3.25. The van der Waals surface area contributed by atoms with Crippen LogP contribution in [0.15, 0.2) is 30.3 Å². The van der Waals surface area contributed by atoms with Gasteiger partial charge in [-0.15, -0.1) is 0 Å². The third kappa shape index (κ3) is 3.66. The number of rotatable bonds is 3. The number of likely N-dealkylation sites (N-methyl/N-ethyl adjacent to an activating group) is 1. The number of likely N-dealkylation sites (tertiary alicyclic amines) is 1. The van der Waals surface area contributed by atoms with Gasteiger partial charge in [-0.05, 0) is 37.2 Å².